The van der Waals surface area contributed by atoms with Gasteiger partial charge in [-0.1, -0.05) is 0 Å². The van der Waals surface area contributed by atoms with Crippen molar-refractivity contribution in [1.29, 1.82) is 0 Å². The highest BCUT2D eigenvalue weighted by Crippen LogP contribution is 2.07. The monoisotopic (exact) mass is 262 g/mol. The molecule has 2 unspecified atom stereocenters. The Kier molecular flexibility index (Phi) is 7.99. The predicted molar refractivity (Wildman–Crippen MR) is 69.8 cm³/mol. The van der Waals surface area contributed by atoms with Gasteiger partial charge in [-0.3, -0.25) is 4.79 Å². The molecular formula is C11H22N2O3S. The average molecular weight is 262 g/mol. The number of nitrogens with zero attached hydrogens (tertiary/aromatic N) is 1. The first kappa shape index (κ1) is 16.2. The van der Waals surface area contributed by atoms with Gasteiger partial charge in [0.2, 0.25) is 0 Å². The Morgan fingerprint density at radius 2 is 2.06 bits per heavy atom. The van der Waals surface area contributed by atoms with Crippen LogP contribution in [0.4, 0.5) is 0 Å². The van der Waals surface area contributed by atoms with E-state index < -0.39 is 17.9 Å². The first-order chi connectivity index (χ1) is 7.95. The van der Waals surface area contributed by atoms with Crippen molar-refractivity contribution in [1.82, 2.24) is 4.90 Å². The number of hydrogen-bond donors (Lipinski definition) is 1. The maximum atomic E-state index is 11.9. The van der Waals surface area contributed by atoms with Gasteiger partial charge in [-0.2, -0.15) is 11.8 Å². The van der Waals surface area contributed by atoms with E-state index in [0.717, 1.165) is 12.2 Å². The van der Waals surface area contributed by atoms with Crippen LogP contribution in [0.25, 0.3) is 0 Å². The Balaban J connectivity index is 4.32. The van der Waals surface area contributed by atoms with Crippen molar-refractivity contribution in [2.45, 2.75) is 32.4 Å². The summed E-state index contributed by atoms with van der Waals surface area (Å²) < 4.78 is 4.72. The quantitative estimate of drug-likeness (QED) is 0.533. The normalized spacial score (nSPS) is 13.9. The number of esters is 1. The zero-order valence-corrected chi connectivity index (χ0v) is 11.8. The van der Waals surface area contributed by atoms with Crippen LogP contribution < -0.4 is 5.73 Å². The third-order valence-electron chi connectivity index (χ3n) is 2.56. The highest BCUT2D eigenvalue weighted by atomic mass is 32.2. The van der Waals surface area contributed by atoms with Crippen molar-refractivity contribution >= 4 is 23.6 Å². The second kappa shape index (κ2) is 8.36. The maximum absolute atomic E-state index is 11.9. The van der Waals surface area contributed by atoms with Gasteiger partial charge in [0, 0.05) is 13.1 Å². The van der Waals surface area contributed by atoms with Crippen molar-refractivity contribution in [3.63, 3.8) is 0 Å². The molecule has 0 spiro atoms. The Bertz CT molecular complexity index is 261. The van der Waals surface area contributed by atoms with Gasteiger partial charge in [-0.05, 0) is 32.3 Å². The van der Waals surface area contributed by atoms with E-state index in [1.165, 1.54) is 4.90 Å². The maximum Gasteiger partial charge on any atom is 0.332 e. The fourth-order valence-electron chi connectivity index (χ4n) is 1.25. The van der Waals surface area contributed by atoms with Crippen molar-refractivity contribution in [3.8, 4) is 0 Å². The standard InChI is InChI=1S/C11H22N2O3S/c1-5-16-11(15)9(12)10(14)13(3)8(2)6-7-17-4/h8-9H,5-7,12H2,1-4H3. The number of thioether (sulfide) groups is 1. The number of ether oxygens (including phenoxy) is 1. The molecule has 0 saturated heterocycles. The van der Waals surface area contributed by atoms with E-state index in [9.17, 15) is 9.59 Å². The number of nitrogens with two attached hydrogens (primary N) is 1. The van der Waals surface area contributed by atoms with E-state index in [4.69, 9.17) is 10.5 Å². The molecule has 0 bridgehead atoms. The van der Waals surface area contributed by atoms with Crippen molar-refractivity contribution in [3.05, 3.63) is 0 Å². The number of carbonyl (C=O) groups is 2. The molecule has 2 N–H and O–H groups in total. The number of hydrogen-bond acceptors (Lipinski definition) is 5. The summed E-state index contributed by atoms with van der Waals surface area (Å²) in [5.41, 5.74) is 5.54. The lowest BCUT2D eigenvalue weighted by atomic mass is 10.2. The third-order valence-corrected chi connectivity index (χ3v) is 3.20. The first-order valence-electron chi connectivity index (χ1n) is 5.63. The SMILES string of the molecule is CCOC(=O)C(N)C(=O)N(C)C(C)CCSC. The van der Waals surface area contributed by atoms with E-state index in [0.29, 0.717) is 0 Å². The molecule has 0 aromatic carbocycles. The molecule has 100 valence electrons. The third kappa shape index (κ3) is 5.41. The van der Waals surface area contributed by atoms with Gasteiger partial charge in [0.1, 0.15) is 0 Å². The molecule has 0 aliphatic carbocycles. The van der Waals surface area contributed by atoms with Crippen LogP contribution in [0.15, 0.2) is 0 Å². The van der Waals surface area contributed by atoms with E-state index >= 15 is 0 Å². The largest absolute Gasteiger partial charge is 0.464 e. The van der Waals surface area contributed by atoms with Gasteiger partial charge in [-0.15, -0.1) is 0 Å². The summed E-state index contributed by atoms with van der Waals surface area (Å²) in [6, 6.07) is -1.15. The number of amides is 1. The predicted octanol–water partition coefficient (Wildman–Crippen LogP) is 0.477. The molecule has 0 heterocycles. The molecule has 0 aliphatic heterocycles. The van der Waals surface area contributed by atoms with Crippen LogP contribution in [0, 0.1) is 0 Å². The van der Waals surface area contributed by atoms with Crippen LogP contribution in [0.1, 0.15) is 20.3 Å². The Labute approximate surface area is 107 Å². The fraction of sp³-hybridized carbons (Fsp3) is 0.818. The minimum absolute atomic E-state index is 0.0652. The summed E-state index contributed by atoms with van der Waals surface area (Å²) in [6.45, 7) is 3.84. The summed E-state index contributed by atoms with van der Waals surface area (Å²) in [6.07, 6.45) is 2.89. The van der Waals surface area contributed by atoms with Gasteiger partial charge in [0.25, 0.3) is 5.91 Å². The molecule has 0 rings (SSSR count). The summed E-state index contributed by atoms with van der Waals surface area (Å²) in [7, 11) is 1.66. The molecule has 17 heavy (non-hydrogen) atoms. The highest BCUT2D eigenvalue weighted by molar-refractivity contribution is 7.98. The van der Waals surface area contributed by atoms with Crippen molar-refractivity contribution in [2.24, 2.45) is 5.73 Å². The Morgan fingerprint density at radius 3 is 2.53 bits per heavy atom. The van der Waals surface area contributed by atoms with Crippen LogP contribution in [0.3, 0.4) is 0 Å². The zero-order valence-electron chi connectivity index (χ0n) is 10.9. The Hall–Kier alpha value is -0.750. The number of likely N-dealkylation sites (N-methyl/N-ethyl adjacent to an activating group) is 1. The number of carbonyl (C=O) groups excluding carboxylic acids is 2. The summed E-state index contributed by atoms with van der Waals surface area (Å²) in [5, 5.41) is 0. The summed E-state index contributed by atoms with van der Waals surface area (Å²) in [5.74, 6) is -0.0913. The average Bonchev–Trinajstić information content (AvgIpc) is 2.33. The molecule has 2 atom stereocenters. The highest BCUT2D eigenvalue weighted by Gasteiger charge is 2.28. The van der Waals surface area contributed by atoms with E-state index in [1.54, 1.807) is 25.7 Å². The molecule has 5 nitrogen and oxygen atoms in total. The molecular weight excluding hydrogens is 240 g/mol. The van der Waals surface area contributed by atoms with Crippen LogP contribution in [-0.2, 0) is 14.3 Å². The van der Waals surface area contributed by atoms with Crippen LogP contribution in [0.5, 0.6) is 0 Å². The second-order valence-electron chi connectivity index (χ2n) is 3.81. The topological polar surface area (TPSA) is 72.6 Å². The van der Waals surface area contributed by atoms with Crippen molar-refractivity contribution in [2.75, 3.05) is 25.7 Å². The minimum Gasteiger partial charge on any atom is -0.464 e. The summed E-state index contributed by atoms with van der Waals surface area (Å²) in [4.78, 5) is 24.7. The first-order valence-corrected chi connectivity index (χ1v) is 7.02. The molecule has 0 aliphatic rings. The van der Waals surface area contributed by atoms with Gasteiger partial charge < -0.3 is 15.4 Å². The van der Waals surface area contributed by atoms with Gasteiger partial charge in [0.05, 0.1) is 6.61 Å². The van der Waals surface area contributed by atoms with Gasteiger partial charge in [0.15, 0.2) is 6.04 Å². The molecule has 0 fully saturated rings. The molecule has 6 heteroatoms. The van der Waals surface area contributed by atoms with Crippen molar-refractivity contribution < 1.29 is 14.3 Å². The minimum atomic E-state index is -1.21. The summed E-state index contributed by atoms with van der Waals surface area (Å²) >= 11 is 1.72. The van der Waals surface area contributed by atoms with Gasteiger partial charge >= 0.3 is 5.97 Å². The molecule has 0 aromatic heterocycles. The lowest BCUT2D eigenvalue weighted by Crippen LogP contribution is -2.50. The van der Waals surface area contributed by atoms with E-state index in [2.05, 4.69) is 0 Å². The van der Waals surface area contributed by atoms with E-state index in [-0.39, 0.29) is 12.6 Å². The van der Waals surface area contributed by atoms with E-state index in [1.807, 2.05) is 13.2 Å². The lowest BCUT2D eigenvalue weighted by molar-refractivity contribution is -0.151. The molecule has 0 radical (unpaired) electrons. The van der Waals surface area contributed by atoms with Crippen LogP contribution in [0.2, 0.25) is 0 Å². The Morgan fingerprint density at radius 1 is 1.47 bits per heavy atom. The lowest BCUT2D eigenvalue weighted by Gasteiger charge is -2.26. The smallest absolute Gasteiger partial charge is 0.332 e. The number of rotatable bonds is 7. The van der Waals surface area contributed by atoms with Crippen LogP contribution >= 0.6 is 11.8 Å². The van der Waals surface area contributed by atoms with Crippen LogP contribution in [-0.4, -0.2) is 54.5 Å². The molecule has 0 saturated carbocycles. The second-order valence-corrected chi connectivity index (χ2v) is 4.79. The molecule has 1 amide bonds. The fourth-order valence-corrected chi connectivity index (χ4v) is 1.83. The zero-order chi connectivity index (χ0) is 13.4. The molecule has 0 aromatic rings. The van der Waals surface area contributed by atoms with Gasteiger partial charge in [-0.25, -0.2) is 4.79 Å².